The summed E-state index contributed by atoms with van der Waals surface area (Å²) in [6, 6.07) is 5.99. The van der Waals surface area contributed by atoms with E-state index in [4.69, 9.17) is 4.42 Å². The van der Waals surface area contributed by atoms with Crippen LogP contribution in [0.25, 0.3) is 0 Å². The Kier molecular flexibility index (Phi) is 3.39. The van der Waals surface area contributed by atoms with Gasteiger partial charge in [-0.05, 0) is 45.1 Å². The van der Waals surface area contributed by atoms with Gasteiger partial charge in [-0.1, -0.05) is 0 Å². The molecule has 0 aliphatic carbocycles. The Labute approximate surface area is 95.1 Å². The van der Waals surface area contributed by atoms with Crippen LogP contribution in [0.3, 0.4) is 0 Å². The van der Waals surface area contributed by atoms with Crippen molar-refractivity contribution in [2.24, 2.45) is 0 Å². The smallest absolute Gasteiger partial charge is 0.117 e. The largest absolute Gasteiger partial charge is 0.468 e. The number of furan rings is 1. The zero-order valence-corrected chi connectivity index (χ0v) is 9.90. The molecule has 14 heavy (non-hydrogen) atoms. The van der Waals surface area contributed by atoms with E-state index in [0.29, 0.717) is 0 Å². The maximum absolute atomic E-state index is 5.21. The maximum atomic E-state index is 5.21. The summed E-state index contributed by atoms with van der Waals surface area (Å²) in [5, 5.41) is 5.45. The van der Waals surface area contributed by atoms with Crippen molar-refractivity contribution in [1.29, 1.82) is 0 Å². The molecule has 0 saturated heterocycles. The molecule has 0 atom stereocenters. The molecule has 0 aliphatic heterocycles. The molecule has 0 saturated carbocycles. The highest BCUT2D eigenvalue weighted by Crippen LogP contribution is 2.20. The number of hydrogen-bond donors (Lipinski definition) is 1. The lowest BCUT2D eigenvalue weighted by atomic mass is 10.3. The molecule has 0 fully saturated rings. The van der Waals surface area contributed by atoms with E-state index in [1.165, 1.54) is 9.35 Å². The summed E-state index contributed by atoms with van der Waals surface area (Å²) in [6.07, 6.45) is 1.69. The van der Waals surface area contributed by atoms with Crippen molar-refractivity contribution in [2.45, 2.75) is 13.1 Å². The highest BCUT2D eigenvalue weighted by molar-refractivity contribution is 9.11. The van der Waals surface area contributed by atoms with Gasteiger partial charge in [0.1, 0.15) is 5.76 Å². The van der Waals surface area contributed by atoms with Crippen LogP contribution in [-0.2, 0) is 13.1 Å². The van der Waals surface area contributed by atoms with E-state index in [9.17, 15) is 0 Å². The third kappa shape index (κ3) is 2.70. The van der Waals surface area contributed by atoms with Crippen molar-refractivity contribution in [3.63, 3.8) is 0 Å². The van der Waals surface area contributed by atoms with Gasteiger partial charge in [-0.15, -0.1) is 11.3 Å². The van der Waals surface area contributed by atoms with Crippen molar-refractivity contribution in [3.8, 4) is 0 Å². The van der Waals surface area contributed by atoms with Crippen molar-refractivity contribution < 1.29 is 4.42 Å². The van der Waals surface area contributed by atoms with Crippen molar-refractivity contribution in [3.05, 3.63) is 45.0 Å². The van der Waals surface area contributed by atoms with Crippen LogP contribution in [0.15, 0.2) is 38.0 Å². The quantitative estimate of drug-likeness (QED) is 0.922. The molecule has 0 amide bonds. The molecule has 74 valence electrons. The summed E-state index contributed by atoms with van der Waals surface area (Å²) < 4.78 is 6.38. The Hall–Kier alpha value is -0.580. The molecule has 2 aromatic heterocycles. The lowest BCUT2D eigenvalue weighted by Gasteiger charge is -1.99. The average Bonchev–Trinajstić information content (AvgIpc) is 2.77. The van der Waals surface area contributed by atoms with Crippen LogP contribution < -0.4 is 5.32 Å². The van der Waals surface area contributed by atoms with E-state index in [1.807, 2.05) is 12.1 Å². The number of rotatable bonds is 4. The number of halogens is 1. The fraction of sp³-hybridized carbons (Fsp3) is 0.200. The minimum Gasteiger partial charge on any atom is -0.468 e. The molecular formula is C10H10BrNOS. The molecule has 0 spiro atoms. The number of hydrogen-bond acceptors (Lipinski definition) is 3. The van der Waals surface area contributed by atoms with Gasteiger partial charge in [-0.2, -0.15) is 0 Å². The molecule has 2 rings (SSSR count). The summed E-state index contributed by atoms with van der Waals surface area (Å²) in [4.78, 5) is 0. The molecule has 1 N–H and O–H groups in total. The zero-order valence-electron chi connectivity index (χ0n) is 7.50. The summed E-state index contributed by atoms with van der Waals surface area (Å²) >= 11 is 5.14. The van der Waals surface area contributed by atoms with Crippen LogP contribution in [0.4, 0.5) is 0 Å². The lowest BCUT2D eigenvalue weighted by molar-refractivity contribution is 0.483. The zero-order chi connectivity index (χ0) is 9.80. The summed E-state index contributed by atoms with van der Waals surface area (Å²) in [6.45, 7) is 1.66. The highest BCUT2D eigenvalue weighted by atomic mass is 79.9. The standard InChI is InChI=1S/C10H10BrNOS/c11-10-4-8(7-14-10)5-12-6-9-2-1-3-13-9/h1-4,7,12H,5-6H2. The second-order valence-electron chi connectivity index (χ2n) is 2.94. The van der Waals surface area contributed by atoms with Gasteiger partial charge in [-0.3, -0.25) is 0 Å². The number of nitrogens with one attached hydrogen (secondary N) is 1. The highest BCUT2D eigenvalue weighted by Gasteiger charge is 1.98. The Morgan fingerprint density at radius 1 is 1.43 bits per heavy atom. The predicted molar refractivity (Wildman–Crippen MR) is 61.3 cm³/mol. The second kappa shape index (κ2) is 4.77. The Balaban J connectivity index is 1.78. The first kappa shape index (κ1) is 9.96. The molecule has 2 aromatic rings. The van der Waals surface area contributed by atoms with Crippen LogP contribution in [0, 0.1) is 0 Å². The first-order chi connectivity index (χ1) is 6.84. The van der Waals surface area contributed by atoms with Crippen LogP contribution in [-0.4, -0.2) is 0 Å². The Morgan fingerprint density at radius 3 is 3.00 bits per heavy atom. The summed E-state index contributed by atoms with van der Waals surface area (Å²) in [7, 11) is 0. The third-order valence-corrected chi connectivity index (χ3v) is 3.38. The molecule has 0 radical (unpaired) electrons. The van der Waals surface area contributed by atoms with Gasteiger partial charge in [0, 0.05) is 6.54 Å². The van der Waals surface area contributed by atoms with E-state index < -0.39 is 0 Å². The van der Waals surface area contributed by atoms with Gasteiger partial charge in [0.15, 0.2) is 0 Å². The van der Waals surface area contributed by atoms with E-state index >= 15 is 0 Å². The first-order valence-corrected chi connectivity index (χ1v) is 5.98. The average molecular weight is 272 g/mol. The molecule has 0 aromatic carbocycles. The minimum atomic E-state index is 0.778. The van der Waals surface area contributed by atoms with E-state index in [0.717, 1.165) is 18.8 Å². The van der Waals surface area contributed by atoms with Crippen molar-refractivity contribution >= 4 is 27.3 Å². The van der Waals surface area contributed by atoms with Gasteiger partial charge >= 0.3 is 0 Å². The van der Waals surface area contributed by atoms with Crippen LogP contribution >= 0.6 is 27.3 Å². The molecule has 0 bridgehead atoms. The Morgan fingerprint density at radius 2 is 2.36 bits per heavy atom. The van der Waals surface area contributed by atoms with Gasteiger partial charge < -0.3 is 9.73 Å². The third-order valence-electron chi connectivity index (χ3n) is 1.83. The first-order valence-electron chi connectivity index (χ1n) is 4.30. The van der Waals surface area contributed by atoms with E-state index in [2.05, 4.69) is 32.7 Å². The van der Waals surface area contributed by atoms with Gasteiger partial charge in [-0.25, -0.2) is 0 Å². The topological polar surface area (TPSA) is 25.2 Å². The summed E-state index contributed by atoms with van der Waals surface area (Å²) in [5.74, 6) is 0.972. The molecule has 2 heterocycles. The van der Waals surface area contributed by atoms with Gasteiger partial charge in [0.25, 0.3) is 0 Å². The second-order valence-corrected chi connectivity index (χ2v) is 5.23. The molecular weight excluding hydrogens is 262 g/mol. The minimum absolute atomic E-state index is 0.778. The van der Waals surface area contributed by atoms with Crippen LogP contribution in [0.2, 0.25) is 0 Å². The SMILES string of the molecule is Brc1cc(CNCc2ccco2)cs1. The molecule has 0 unspecified atom stereocenters. The molecule has 4 heteroatoms. The van der Waals surface area contributed by atoms with E-state index in [-0.39, 0.29) is 0 Å². The maximum Gasteiger partial charge on any atom is 0.117 e. The van der Waals surface area contributed by atoms with Crippen LogP contribution in [0.5, 0.6) is 0 Å². The molecule has 2 nitrogen and oxygen atoms in total. The Bertz CT molecular complexity index is 382. The fourth-order valence-corrected chi connectivity index (χ4v) is 2.39. The summed E-state index contributed by atoms with van der Waals surface area (Å²) in [5.41, 5.74) is 1.30. The van der Waals surface area contributed by atoms with Gasteiger partial charge in [0.2, 0.25) is 0 Å². The lowest BCUT2D eigenvalue weighted by Crippen LogP contribution is -2.11. The monoisotopic (exact) mass is 271 g/mol. The predicted octanol–water partition coefficient (Wildman–Crippen LogP) is 3.39. The van der Waals surface area contributed by atoms with Crippen molar-refractivity contribution in [1.82, 2.24) is 5.32 Å². The normalized spacial score (nSPS) is 10.6. The van der Waals surface area contributed by atoms with E-state index in [1.54, 1.807) is 17.6 Å². The van der Waals surface area contributed by atoms with Crippen molar-refractivity contribution in [2.75, 3.05) is 0 Å². The van der Waals surface area contributed by atoms with Crippen LogP contribution in [0.1, 0.15) is 11.3 Å². The molecule has 0 aliphatic rings. The van der Waals surface area contributed by atoms with Gasteiger partial charge in [0.05, 0.1) is 16.6 Å². The number of thiophene rings is 1. The fourth-order valence-electron chi connectivity index (χ4n) is 1.18.